The van der Waals surface area contributed by atoms with Gasteiger partial charge in [0, 0.05) is 12.1 Å². The van der Waals surface area contributed by atoms with Gasteiger partial charge >= 0.3 is 5.97 Å². The maximum Gasteiger partial charge on any atom is 0.307 e. The molecule has 0 aromatic rings. The summed E-state index contributed by atoms with van der Waals surface area (Å²) in [6.45, 7) is 4.25. The summed E-state index contributed by atoms with van der Waals surface area (Å²) in [6, 6.07) is 0.714. The fourth-order valence-electron chi connectivity index (χ4n) is 2.61. The molecule has 0 bridgehead atoms. The number of carbonyl (C=O) groups excluding carboxylic acids is 1. The third-order valence-corrected chi connectivity index (χ3v) is 3.30. The molecule has 1 N–H and O–H groups in total. The lowest BCUT2D eigenvalue weighted by Gasteiger charge is -2.23. The minimum atomic E-state index is -0.101. The van der Waals surface area contributed by atoms with Crippen molar-refractivity contribution in [2.24, 2.45) is 5.92 Å². The minimum Gasteiger partial charge on any atom is -0.469 e. The van der Waals surface area contributed by atoms with Crippen LogP contribution in [0.15, 0.2) is 0 Å². The highest BCUT2D eigenvalue weighted by atomic mass is 16.5. The Balaban J connectivity index is 2.38. The van der Waals surface area contributed by atoms with Crippen molar-refractivity contribution in [1.82, 2.24) is 5.32 Å². The van der Waals surface area contributed by atoms with E-state index in [-0.39, 0.29) is 12.0 Å². The van der Waals surface area contributed by atoms with Crippen LogP contribution in [0.5, 0.6) is 0 Å². The molecule has 1 atom stereocenters. The van der Waals surface area contributed by atoms with E-state index in [0.717, 1.165) is 12.3 Å². The molecule has 1 aliphatic carbocycles. The van der Waals surface area contributed by atoms with Crippen LogP contribution in [0.3, 0.4) is 0 Å². The zero-order valence-corrected chi connectivity index (χ0v) is 10.8. The van der Waals surface area contributed by atoms with Gasteiger partial charge in [-0.25, -0.2) is 0 Å². The van der Waals surface area contributed by atoms with Crippen LogP contribution < -0.4 is 5.32 Å². The molecule has 1 aliphatic rings. The summed E-state index contributed by atoms with van der Waals surface area (Å²) in [7, 11) is 1.46. The molecule has 94 valence electrons. The van der Waals surface area contributed by atoms with Crippen molar-refractivity contribution in [2.75, 3.05) is 7.11 Å². The molecule has 0 heterocycles. The summed E-state index contributed by atoms with van der Waals surface area (Å²) in [6.07, 6.45) is 7.00. The summed E-state index contributed by atoms with van der Waals surface area (Å²) >= 11 is 0. The SMILES string of the molecule is COC(=O)CC(CC1CCCC1)NC(C)C. The van der Waals surface area contributed by atoms with Crippen LogP contribution in [0.4, 0.5) is 0 Å². The highest BCUT2D eigenvalue weighted by Crippen LogP contribution is 2.29. The second-order valence-corrected chi connectivity index (χ2v) is 5.18. The van der Waals surface area contributed by atoms with E-state index < -0.39 is 0 Å². The number of esters is 1. The average Bonchev–Trinajstić information content (AvgIpc) is 2.69. The number of hydrogen-bond acceptors (Lipinski definition) is 3. The van der Waals surface area contributed by atoms with Gasteiger partial charge in [-0.3, -0.25) is 4.79 Å². The van der Waals surface area contributed by atoms with E-state index in [1.165, 1.54) is 32.8 Å². The van der Waals surface area contributed by atoms with Crippen molar-refractivity contribution in [2.45, 2.75) is 64.5 Å². The normalized spacial score (nSPS) is 19.0. The maximum absolute atomic E-state index is 11.3. The van der Waals surface area contributed by atoms with Crippen molar-refractivity contribution >= 4 is 5.97 Å². The van der Waals surface area contributed by atoms with Gasteiger partial charge in [0.05, 0.1) is 13.5 Å². The van der Waals surface area contributed by atoms with Crippen molar-refractivity contribution in [3.8, 4) is 0 Å². The largest absolute Gasteiger partial charge is 0.469 e. The molecule has 3 nitrogen and oxygen atoms in total. The number of rotatable bonds is 6. The molecule has 1 rings (SSSR count). The van der Waals surface area contributed by atoms with Crippen LogP contribution in [0.25, 0.3) is 0 Å². The predicted octanol–water partition coefficient (Wildman–Crippen LogP) is 2.50. The molecule has 1 unspecified atom stereocenters. The zero-order valence-electron chi connectivity index (χ0n) is 10.8. The summed E-state index contributed by atoms with van der Waals surface area (Å²) < 4.78 is 4.75. The fourth-order valence-corrected chi connectivity index (χ4v) is 2.61. The molecule has 16 heavy (non-hydrogen) atoms. The number of ether oxygens (including phenoxy) is 1. The van der Waals surface area contributed by atoms with Crippen LogP contribution in [0.1, 0.15) is 52.4 Å². The Kier molecular flexibility index (Phi) is 5.81. The minimum absolute atomic E-state index is 0.101. The molecule has 1 saturated carbocycles. The van der Waals surface area contributed by atoms with Crippen LogP contribution in [0.2, 0.25) is 0 Å². The van der Waals surface area contributed by atoms with E-state index >= 15 is 0 Å². The van der Waals surface area contributed by atoms with Gasteiger partial charge in [0.2, 0.25) is 0 Å². The molecule has 0 aliphatic heterocycles. The van der Waals surface area contributed by atoms with Gasteiger partial charge in [0.15, 0.2) is 0 Å². The van der Waals surface area contributed by atoms with Gasteiger partial charge in [-0.15, -0.1) is 0 Å². The van der Waals surface area contributed by atoms with E-state index in [1.54, 1.807) is 0 Å². The molecular weight excluding hydrogens is 202 g/mol. The van der Waals surface area contributed by atoms with Gasteiger partial charge in [-0.2, -0.15) is 0 Å². The van der Waals surface area contributed by atoms with Gasteiger partial charge in [-0.05, 0) is 12.3 Å². The lowest BCUT2D eigenvalue weighted by Crippen LogP contribution is -2.37. The highest BCUT2D eigenvalue weighted by Gasteiger charge is 2.22. The number of methoxy groups -OCH3 is 1. The monoisotopic (exact) mass is 227 g/mol. The Bertz CT molecular complexity index is 210. The van der Waals surface area contributed by atoms with Crippen LogP contribution >= 0.6 is 0 Å². The molecule has 0 aromatic heterocycles. The summed E-state index contributed by atoms with van der Waals surface area (Å²) in [5.41, 5.74) is 0. The second kappa shape index (κ2) is 6.89. The zero-order chi connectivity index (χ0) is 12.0. The van der Waals surface area contributed by atoms with Gasteiger partial charge in [0.25, 0.3) is 0 Å². The molecule has 0 spiro atoms. The highest BCUT2D eigenvalue weighted by molar-refractivity contribution is 5.69. The summed E-state index contributed by atoms with van der Waals surface area (Å²) in [5.74, 6) is 0.706. The van der Waals surface area contributed by atoms with E-state index in [9.17, 15) is 4.79 Å². The van der Waals surface area contributed by atoms with Crippen LogP contribution in [-0.4, -0.2) is 25.2 Å². The average molecular weight is 227 g/mol. The Morgan fingerprint density at radius 3 is 2.50 bits per heavy atom. The molecule has 0 amide bonds. The van der Waals surface area contributed by atoms with Gasteiger partial charge in [0.1, 0.15) is 0 Å². The quantitative estimate of drug-likeness (QED) is 0.708. The summed E-state index contributed by atoms with van der Waals surface area (Å²) in [4.78, 5) is 11.3. The smallest absolute Gasteiger partial charge is 0.307 e. The molecule has 0 radical (unpaired) electrons. The van der Waals surface area contributed by atoms with Gasteiger partial charge in [-0.1, -0.05) is 39.5 Å². The Morgan fingerprint density at radius 2 is 2.00 bits per heavy atom. The molecule has 3 heteroatoms. The Hall–Kier alpha value is -0.570. The predicted molar refractivity (Wildman–Crippen MR) is 65.3 cm³/mol. The molecular formula is C13H25NO2. The van der Waals surface area contributed by atoms with E-state index in [2.05, 4.69) is 19.2 Å². The Labute approximate surface area is 98.9 Å². The lowest BCUT2D eigenvalue weighted by molar-refractivity contribution is -0.141. The van der Waals surface area contributed by atoms with Gasteiger partial charge < -0.3 is 10.1 Å². The third kappa shape index (κ3) is 4.97. The van der Waals surface area contributed by atoms with Crippen LogP contribution in [-0.2, 0) is 9.53 Å². The first-order chi connectivity index (χ1) is 7.61. The standard InChI is InChI=1S/C13H25NO2/c1-10(2)14-12(9-13(15)16-3)8-11-6-4-5-7-11/h10-12,14H,4-9H2,1-3H3. The topological polar surface area (TPSA) is 38.3 Å². The van der Waals surface area contributed by atoms with Crippen LogP contribution in [0, 0.1) is 5.92 Å². The number of nitrogens with one attached hydrogen (secondary N) is 1. The second-order valence-electron chi connectivity index (χ2n) is 5.18. The molecule has 0 saturated heterocycles. The molecule has 0 aromatic carbocycles. The first-order valence-electron chi connectivity index (χ1n) is 6.44. The third-order valence-electron chi connectivity index (χ3n) is 3.30. The number of carbonyl (C=O) groups is 1. The van der Waals surface area contributed by atoms with Crippen molar-refractivity contribution in [1.29, 1.82) is 0 Å². The Morgan fingerprint density at radius 1 is 1.38 bits per heavy atom. The first-order valence-corrected chi connectivity index (χ1v) is 6.44. The lowest BCUT2D eigenvalue weighted by atomic mass is 9.96. The maximum atomic E-state index is 11.3. The molecule has 1 fully saturated rings. The van der Waals surface area contributed by atoms with E-state index in [4.69, 9.17) is 4.74 Å². The van der Waals surface area contributed by atoms with Crippen molar-refractivity contribution in [3.63, 3.8) is 0 Å². The number of hydrogen-bond donors (Lipinski definition) is 1. The van der Waals surface area contributed by atoms with Crippen molar-refractivity contribution < 1.29 is 9.53 Å². The van der Waals surface area contributed by atoms with Crippen molar-refractivity contribution in [3.05, 3.63) is 0 Å². The van der Waals surface area contributed by atoms with E-state index in [0.29, 0.717) is 12.5 Å². The summed E-state index contributed by atoms with van der Waals surface area (Å²) in [5, 5.41) is 3.47. The first kappa shape index (κ1) is 13.5. The fraction of sp³-hybridized carbons (Fsp3) is 0.923. The van der Waals surface area contributed by atoms with E-state index in [1.807, 2.05) is 0 Å².